The molecule has 21 heavy (non-hydrogen) atoms. The molecule has 5 nitrogen and oxygen atoms in total. The van der Waals surface area contributed by atoms with E-state index in [1.165, 1.54) is 12.0 Å². The molecule has 0 saturated carbocycles. The molecule has 0 aliphatic heterocycles. The van der Waals surface area contributed by atoms with Crippen molar-refractivity contribution in [2.75, 3.05) is 0 Å². The van der Waals surface area contributed by atoms with E-state index in [1.807, 2.05) is 10.6 Å². The molecule has 0 spiro atoms. The van der Waals surface area contributed by atoms with Gasteiger partial charge in [-0.25, -0.2) is 0 Å². The summed E-state index contributed by atoms with van der Waals surface area (Å²) in [5.41, 5.74) is 2.86. The molecular formula is C15H20N4OS. The standard InChI is InChI=1S/C15H20N4OS/c1-9(2)8-19-13(17-18-15(19)21)11-7-10-5-3-4-6-12(10)16-14(11)20/h7,9H,3-6,8H2,1-2H3,(H,16,20)(H,18,21). The number of H-pyrrole nitrogens is 2. The van der Waals surface area contributed by atoms with Crippen LogP contribution < -0.4 is 5.56 Å². The van der Waals surface area contributed by atoms with Crippen molar-refractivity contribution >= 4 is 12.2 Å². The zero-order valence-corrected chi connectivity index (χ0v) is 13.2. The predicted molar refractivity (Wildman–Crippen MR) is 84.9 cm³/mol. The molecule has 1 aliphatic carbocycles. The maximum absolute atomic E-state index is 12.4. The van der Waals surface area contributed by atoms with E-state index >= 15 is 0 Å². The molecule has 0 radical (unpaired) electrons. The quantitative estimate of drug-likeness (QED) is 0.857. The second-order valence-electron chi connectivity index (χ2n) is 6.08. The highest BCUT2D eigenvalue weighted by Crippen LogP contribution is 2.22. The Labute approximate surface area is 128 Å². The van der Waals surface area contributed by atoms with Crippen LogP contribution in [0.2, 0.25) is 0 Å². The van der Waals surface area contributed by atoms with E-state index in [1.54, 1.807) is 0 Å². The average molecular weight is 304 g/mol. The van der Waals surface area contributed by atoms with E-state index < -0.39 is 0 Å². The van der Waals surface area contributed by atoms with Crippen LogP contribution in [-0.4, -0.2) is 19.7 Å². The summed E-state index contributed by atoms with van der Waals surface area (Å²) in [6, 6.07) is 2.00. The van der Waals surface area contributed by atoms with Gasteiger partial charge >= 0.3 is 0 Å². The zero-order valence-electron chi connectivity index (χ0n) is 12.4. The van der Waals surface area contributed by atoms with Crippen molar-refractivity contribution in [1.82, 2.24) is 19.7 Å². The van der Waals surface area contributed by atoms with Crippen molar-refractivity contribution < 1.29 is 0 Å². The average Bonchev–Trinajstić information content (AvgIpc) is 2.79. The third kappa shape index (κ3) is 2.72. The maximum atomic E-state index is 12.4. The van der Waals surface area contributed by atoms with Gasteiger partial charge in [0.2, 0.25) is 0 Å². The summed E-state index contributed by atoms with van der Waals surface area (Å²) in [4.78, 5) is 15.4. The van der Waals surface area contributed by atoms with Crippen LogP contribution in [0.25, 0.3) is 11.4 Å². The highest BCUT2D eigenvalue weighted by Gasteiger charge is 2.18. The molecule has 1 aliphatic rings. The maximum Gasteiger partial charge on any atom is 0.259 e. The van der Waals surface area contributed by atoms with Crippen molar-refractivity contribution in [3.05, 3.63) is 32.4 Å². The lowest BCUT2D eigenvalue weighted by molar-refractivity contribution is 0.521. The van der Waals surface area contributed by atoms with Crippen molar-refractivity contribution in [3.63, 3.8) is 0 Å². The molecule has 2 aromatic heterocycles. The summed E-state index contributed by atoms with van der Waals surface area (Å²) in [5.74, 6) is 1.08. The van der Waals surface area contributed by atoms with Crippen LogP contribution in [-0.2, 0) is 19.4 Å². The SMILES string of the molecule is CC(C)Cn1c(-c2cc3c([nH]c2=O)CCCC3)n[nH]c1=S. The summed E-state index contributed by atoms with van der Waals surface area (Å²) in [6.45, 7) is 4.99. The number of rotatable bonds is 3. The summed E-state index contributed by atoms with van der Waals surface area (Å²) in [5, 5.41) is 7.09. The van der Waals surface area contributed by atoms with Crippen molar-refractivity contribution in [1.29, 1.82) is 0 Å². The van der Waals surface area contributed by atoms with Crippen LogP contribution in [0.4, 0.5) is 0 Å². The number of nitrogens with one attached hydrogen (secondary N) is 2. The van der Waals surface area contributed by atoms with Gasteiger partial charge in [-0.15, -0.1) is 0 Å². The van der Waals surface area contributed by atoms with Gasteiger partial charge < -0.3 is 4.98 Å². The lowest BCUT2D eigenvalue weighted by Gasteiger charge is -2.16. The molecule has 6 heteroatoms. The van der Waals surface area contributed by atoms with Crippen molar-refractivity contribution in [2.24, 2.45) is 5.92 Å². The van der Waals surface area contributed by atoms with E-state index in [-0.39, 0.29) is 5.56 Å². The van der Waals surface area contributed by atoms with Gasteiger partial charge in [0.15, 0.2) is 10.6 Å². The molecule has 0 fully saturated rings. The van der Waals surface area contributed by atoms with Crippen LogP contribution in [0, 0.1) is 10.7 Å². The van der Waals surface area contributed by atoms with Gasteiger partial charge in [-0.3, -0.25) is 14.5 Å². The minimum atomic E-state index is -0.0744. The molecule has 2 N–H and O–H groups in total. The second-order valence-corrected chi connectivity index (χ2v) is 6.47. The molecule has 2 aromatic rings. The smallest absolute Gasteiger partial charge is 0.259 e. The Hall–Kier alpha value is -1.69. The number of fused-ring (bicyclic) bond motifs is 1. The third-order valence-electron chi connectivity index (χ3n) is 3.89. The number of nitrogens with zero attached hydrogens (tertiary/aromatic N) is 2. The fourth-order valence-corrected chi connectivity index (χ4v) is 3.11. The lowest BCUT2D eigenvalue weighted by atomic mass is 9.95. The van der Waals surface area contributed by atoms with Crippen LogP contribution in [0.1, 0.15) is 37.9 Å². The summed E-state index contributed by atoms with van der Waals surface area (Å²) >= 11 is 5.29. The number of aryl methyl sites for hydroxylation is 2. The van der Waals surface area contributed by atoms with Crippen LogP contribution in [0.15, 0.2) is 10.9 Å². The highest BCUT2D eigenvalue weighted by molar-refractivity contribution is 7.71. The lowest BCUT2D eigenvalue weighted by Crippen LogP contribution is -2.19. The highest BCUT2D eigenvalue weighted by atomic mass is 32.1. The Morgan fingerprint density at radius 3 is 2.90 bits per heavy atom. The molecule has 0 amide bonds. The molecule has 2 heterocycles. The largest absolute Gasteiger partial charge is 0.325 e. The zero-order chi connectivity index (χ0) is 15.0. The summed E-state index contributed by atoms with van der Waals surface area (Å²) in [6.07, 6.45) is 4.31. The molecule has 3 rings (SSSR count). The minimum absolute atomic E-state index is 0.0744. The number of hydrogen-bond donors (Lipinski definition) is 2. The third-order valence-corrected chi connectivity index (χ3v) is 4.20. The van der Waals surface area contributed by atoms with Crippen LogP contribution in [0.3, 0.4) is 0 Å². The minimum Gasteiger partial charge on any atom is -0.325 e. The molecule has 0 atom stereocenters. The van der Waals surface area contributed by atoms with E-state index in [9.17, 15) is 4.79 Å². The van der Waals surface area contributed by atoms with Crippen LogP contribution in [0.5, 0.6) is 0 Å². The van der Waals surface area contributed by atoms with E-state index in [4.69, 9.17) is 12.2 Å². The normalized spacial score (nSPS) is 14.4. The van der Waals surface area contributed by atoms with Gasteiger partial charge in [-0.2, -0.15) is 5.10 Å². The summed E-state index contributed by atoms with van der Waals surface area (Å²) < 4.78 is 2.48. The van der Waals surface area contributed by atoms with E-state index in [2.05, 4.69) is 29.0 Å². The topological polar surface area (TPSA) is 66.5 Å². The van der Waals surface area contributed by atoms with Gasteiger partial charge in [-0.05, 0) is 55.4 Å². The monoisotopic (exact) mass is 304 g/mol. The first kappa shape index (κ1) is 14.3. The fourth-order valence-electron chi connectivity index (χ4n) is 2.90. The molecular weight excluding hydrogens is 284 g/mol. The Kier molecular flexibility index (Phi) is 3.80. The molecule has 112 valence electrons. The number of pyridine rings is 1. The van der Waals surface area contributed by atoms with Gasteiger partial charge in [-0.1, -0.05) is 13.8 Å². The predicted octanol–water partition coefficient (Wildman–Crippen LogP) is 2.83. The first-order valence-electron chi connectivity index (χ1n) is 7.47. The number of aromatic nitrogens is 4. The Morgan fingerprint density at radius 1 is 1.38 bits per heavy atom. The van der Waals surface area contributed by atoms with E-state index in [0.717, 1.165) is 31.5 Å². The van der Waals surface area contributed by atoms with Gasteiger partial charge in [0.1, 0.15) is 0 Å². The van der Waals surface area contributed by atoms with Gasteiger partial charge in [0.25, 0.3) is 5.56 Å². The van der Waals surface area contributed by atoms with Crippen LogP contribution >= 0.6 is 12.2 Å². The summed E-state index contributed by atoms with van der Waals surface area (Å²) in [7, 11) is 0. The van der Waals surface area contributed by atoms with Gasteiger partial charge in [0, 0.05) is 12.2 Å². The van der Waals surface area contributed by atoms with Crippen molar-refractivity contribution in [3.8, 4) is 11.4 Å². The Balaban J connectivity index is 2.13. The first-order valence-corrected chi connectivity index (χ1v) is 7.87. The molecule has 0 unspecified atom stereocenters. The second kappa shape index (κ2) is 5.60. The molecule has 0 saturated heterocycles. The number of hydrogen-bond acceptors (Lipinski definition) is 3. The fraction of sp³-hybridized carbons (Fsp3) is 0.533. The number of aromatic amines is 2. The van der Waals surface area contributed by atoms with Crippen molar-refractivity contribution in [2.45, 2.75) is 46.1 Å². The van der Waals surface area contributed by atoms with Gasteiger partial charge in [0.05, 0.1) is 5.56 Å². The Bertz CT molecular complexity index is 769. The molecule has 0 aromatic carbocycles. The first-order chi connectivity index (χ1) is 10.1. The Morgan fingerprint density at radius 2 is 2.14 bits per heavy atom. The molecule has 0 bridgehead atoms. The van der Waals surface area contributed by atoms with E-state index in [0.29, 0.717) is 22.1 Å².